The number of hydrogen-bond acceptors (Lipinski definition) is 5. The predicted octanol–water partition coefficient (Wildman–Crippen LogP) is 9.15. The highest BCUT2D eigenvalue weighted by molar-refractivity contribution is 6.31. The maximum Gasteiger partial charge on any atom is 0.409 e. The maximum absolute atomic E-state index is 12.0. The van der Waals surface area contributed by atoms with Crippen molar-refractivity contribution in [1.82, 2.24) is 20.2 Å². The topological polar surface area (TPSA) is 67.3 Å². The number of halogens is 2. The Morgan fingerprint density at radius 3 is 1.71 bits per heavy atom. The van der Waals surface area contributed by atoms with Crippen LogP contribution in [0.4, 0.5) is 4.79 Å². The van der Waals surface area contributed by atoms with Gasteiger partial charge in [-0.1, -0.05) is 58.6 Å². The largest absolute Gasteiger partial charge is 0.450 e. The van der Waals surface area contributed by atoms with Crippen molar-refractivity contribution in [3.63, 3.8) is 0 Å². The van der Waals surface area contributed by atoms with Gasteiger partial charge in [0.2, 0.25) is 0 Å². The Hall–Kier alpha value is -3.97. The monoisotopic (exact) mass is 694 g/mol. The summed E-state index contributed by atoms with van der Waals surface area (Å²) in [6.45, 7) is 5.74. The number of ether oxygens (including phenoxy) is 1. The molecule has 2 saturated heterocycles. The van der Waals surface area contributed by atoms with E-state index >= 15 is 0 Å². The van der Waals surface area contributed by atoms with E-state index in [0.29, 0.717) is 19.7 Å². The van der Waals surface area contributed by atoms with Crippen LogP contribution in [0.25, 0.3) is 11.1 Å². The van der Waals surface area contributed by atoms with E-state index in [1.807, 2.05) is 43.6 Å². The van der Waals surface area contributed by atoms with Gasteiger partial charge in [-0.3, -0.25) is 9.97 Å². The quantitative estimate of drug-likeness (QED) is 0.215. The van der Waals surface area contributed by atoms with Gasteiger partial charge in [0.1, 0.15) is 0 Å². The third-order valence-corrected chi connectivity index (χ3v) is 10.5. The molecule has 2 fully saturated rings. The van der Waals surface area contributed by atoms with E-state index in [-0.39, 0.29) is 7.52 Å². The van der Waals surface area contributed by atoms with Gasteiger partial charge in [0.05, 0.1) is 18.0 Å². The molecule has 2 aliphatic heterocycles. The second-order valence-corrected chi connectivity index (χ2v) is 13.9. The summed E-state index contributed by atoms with van der Waals surface area (Å²) in [6, 6.07) is 20.9. The van der Waals surface area contributed by atoms with Gasteiger partial charge < -0.3 is 15.0 Å². The van der Waals surface area contributed by atoms with E-state index in [1.54, 1.807) is 4.90 Å². The molecule has 49 heavy (non-hydrogen) atoms. The lowest BCUT2D eigenvalue weighted by molar-refractivity contribution is 0.104. The SMILES string of the molecule is CCOC(=O)N1CCC(=C2c3ccc(Cl)cc3CCc3cccnc32)CC1.Clc1ccc2c(c1)CCc1cccnc1C2=C1CCNCC1.[HH]. The number of hydrogen-bond donors (Lipinski definition) is 1. The Kier molecular flexibility index (Phi) is 10.5. The van der Waals surface area contributed by atoms with Crippen LogP contribution in [-0.2, 0) is 30.4 Å². The van der Waals surface area contributed by atoms with E-state index < -0.39 is 0 Å². The second kappa shape index (κ2) is 15.3. The van der Waals surface area contributed by atoms with E-state index in [1.165, 1.54) is 61.4 Å². The second-order valence-electron chi connectivity index (χ2n) is 13.0. The Balaban J connectivity index is 0.000000173. The number of piperidine rings is 2. The average molecular weight is 696 g/mol. The smallest absolute Gasteiger partial charge is 0.409 e. The highest BCUT2D eigenvalue weighted by atomic mass is 35.5. The highest BCUT2D eigenvalue weighted by Crippen LogP contribution is 2.39. The molecular weight excluding hydrogens is 651 g/mol. The van der Waals surface area contributed by atoms with Crippen molar-refractivity contribution >= 4 is 40.4 Å². The summed E-state index contributed by atoms with van der Waals surface area (Å²) >= 11 is 12.5. The summed E-state index contributed by atoms with van der Waals surface area (Å²) in [6.07, 6.45) is 11.4. The van der Waals surface area contributed by atoms with Crippen LogP contribution in [0.15, 0.2) is 84.2 Å². The number of nitrogens with one attached hydrogen (secondary N) is 1. The number of pyridine rings is 2. The average Bonchev–Trinajstić information content (AvgIpc) is 3.40. The lowest BCUT2D eigenvalue weighted by Gasteiger charge is -2.29. The van der Waals surface area contributed by atoms with Gasteiger partial charge in [-0.25, -0.2) is 4.79 Å². The van der Waals surface area contributed by atoms with E-state index in [9.17, 15) is 4.79 Å². The normalized spacial score (nSPS) is 17.0. The Bertz CT molecular complexity index is 1920. The number of fused-ring (bicyclic) bond motifs is 4. The van der Waals surface area contributed by atoms with Gasteiger partial charge in [-0.05, 0) is 141 Å². The third-order valence-electron chi connectivity index (χ3n) is 10.1. The van der Waals surface area contributed by atoms with Gasteiger partial charge in [-0.15, -0.1) is 0 Å². The van der Waals surface area contributed by atoms with Crippen molar-refractivity contribution in [2.45, 2.75) is 58.3 Å². The first-order valence-electron chi connectivity index (χ1n) is 17.5. The molecule has 4 heterocycles. The van der Waals surface area contributed by atoms with E-state index in [4.69, 9.17) is 37.9 Å². The van der Waals surface area contributed by atoms with Gasteiger partial charge in [0.25, 0.3) is 0 Å². The molecule has 6 nitrogen and oxygen atoms in total. The fourth-order valence-electron chi connectivity index (χ4n) is 7.67. The number of benzene rings is 2. The number of nitrogens with zero attached hydrogens (tertiary/aromatic N) is 3. The van der Waals surface area contributed by atoms with Crippen LogP contribution in [0.1, 0.15) is 78.8 Å². The van der Waals surface area contributed by atoms with Crippen molar-refractivity contribution in [3.05, 3.63) is 139 Å². The van der Waals surface area contributed by atoms with Crippen LogP contribution in [0.5, 0.6) is 0 Å². The van der Waals surface area contributed by atoms with Crippen LogP contribution in [0, 0.1) is 0 Å². The van der Waals surface area contributed by atoms with Crippen LogP contribution in [-0.4, -0.2) is 53.7 Å². The fourth-order valence-corrected chi connectivity index (χ4v) is 8.06. The number of carbonyl (C=O) groups excluding carboxylic acids is 1. The Morgan fingerprint density at radius 1 is 0.714 bits per heavy atom. The summed E-state index contributed by atoms with van der Waals surface area (Å²) in [5.41, 5.74) is 15.6. The molecular formula is C41H44Cl2N4O2. The summed E-state index contributed by atoms with van der Waals surface area (Å²) in [4.78, 5) is 23.3. The van der Waals surface area contributed by atoms with Gasteiger partial charge in [-0.2, -0.15) is 0 Å². The van der Waals surface area contributed by atoms with Crippen LogP contribution < -0.4 is 5.32 Å². The molecule has 1 amide bonds. The summed E-state index contributed by atoms with van der Waals surface area (Å²) < 4.78 is 5.15. The zero-order chi connectivity index (χ0) is 33.7. The predicted molar refractivity (Wildman–Crippen MR) is 200 cm³/mol. The van der Waals surface area contributed by atoms with Crippen molar-refractivity contribution in [3.8, 4) is 0 Å². The minimum Gasteiger partial charge on any atom is -0.450 e. The molecule has 254 valence electrons. The molecule has 0 spiro atoms. The molecule has 2 aromatic carbocycles. The minimum atomic E-state index is -0.215. The van der Waals surface area contributed by atoms with E-state index in [0.717, 1.165) is 80.2 Å². The number of aromatic nitrogens is 2. The number of rotatable bonds is 1. The Labute approximate surface area is 300 Å². The zero-order valence-electron chi connectivity index (χ0n) is 28.0. The van der Waals surface area contributed by atoms with Crippen molar-refractivity contribution in [2.75, 3.05) is 32.8 Å². The van der Waals surface area contributed by atoms with E-state index in [2.05, 4.69) is 41.7 Å². The number of aryl methyl sites for hydroxylation is 4. The maximum atomic E-state index is 12.0. The van der Waals surface area contributed by atoms with Gasteiger partial charge >= 0.3 is 6.09 Å². The molecule has 4 aromatic rings. The lowest BCUT2D eigenvalue weighted by atomic mass is 9.88. The molecule has 4 aliphatic rings. The first-order chi connectivity index (χ1) is 24.0. The minimum absolute atomic E-state index is 0. The standard InChI is InChI=1S/C22H23ClN2O2.C19H19ClN2.H2/c1-2-27-22(26)25-12-9-15(10-13-25)20-19-8-7-18(23)14-17(19)6-5-16-4-3-11-24-21(16)20;20-16-5-6-17-15(12-16)4-3-14-2-1-9-22-19(14)18(17)13-7-10-21-11-8-13;/h3-4,7-8,11,14H,2,5-6,9-10,12-13H2,1H3;1-2,5-6,9,12,21H,3-4,7-8,10-11H2;1H. The van der Waals surface area contributed by atoms with Crippen molar-refractivity contribution in [2.24, 2.45) is 0 Å². The van der Waals surface area contributed by atoms with Gasteiger partial charge in [0, 0.05) is 48.1 Å². The number of amides is 1. The molecule has 8 heteroatoms. The molecule has 2 aromatic heterocycles. The highest BCUT2D eigenvalue weighted by Gasteiger charge is 2.27. The molecule has 0 atom stereocenters. The van der Waals surface area contributed by atoms with Crippen molar-refractivity contribution < 1.29 is 11.0 Å². The third kappa shape index (κ3) is 7.33. The molecule has 0 radical (unpaired) electrons. The van der Waals surface area contributed by atoms with Crippen LogP contribution >= 0.6 is 23.2 Å². The molecule has 0 bridgehead atoms. The summed E-state index contributed by atoms with van der Waals surface area (Å²) in [5.74, 6) is 0. The molecule has 0 saturated carbocycles. The van der Waals surface area contributed by atoms with Crippen molar-refractivity contribution in [1.29, 1.82) is 0 Å². The summed E-state index contributed by atoms with van der Waals surface area (Å²) in [5, 5.41) is 5.05. The fraction of sp³-hybridized carbons (Fsp3) is 0.341. The molecule has 2 aliphatic carbocycles. The Morgan fingerprint density at radius 2 is 1.20 bits per heavy atom. The first-order valence-corrected chi connectivity index (χ1v) is 18.3. The summed E-state index contributed by atoms with van der Waals surface area (Å²) in [7, 11) is 0. The van der Waals surface area contributed by atoms with Crippen LogP contribution in [0.3, 0.4) is 0 Å². The number of carbonyl (C=O) groups is 1. The van der Waals surface area contributed by atoms with Crippen LogP contribution in [0.2, 0.25) is 10.0 Å². The van der Waals surface area contributed by atoms with Gasteiger partial charge in [0.15, 0.2) is 0 Å². The molecule has 0 unspecified atom stereocenters. The molecule has 1 N–H and O–H groups in total. The zero-order valence-corrected chi connectivity index (χ0v) is 29.5. The first kappa shape index (κ1) is 33.5. The lowest BCUT2D eigenvalue weighted by Crippen LogP contribution is -2.37. The molecule has 8 rings (SSSR count). The number of likely N-dealkylation sites (tertiary alicyclic amines) is 1.